The van der Waals surface area contributed by atoms with E-state index in [2.05, 4.69) is 6.92 Å². The van der Waals surface area contributed by atoms with E-state index in [4.69, 9.17) is 9.84 Å². The summed E-state index contributed by atoms with van der Waals surface area (Å²) in [6.07, 6.45) is 13.7. The molecule has 21 heavy (non-hydrogen) atoms. The van der Waals surface area contributed by atoms with Gasteiger partial charge in [0.25, 0.3) is 0 Å². The van der Waals surface area contributed by atoms with Gasteiger partial charge in [0.15, 0.2) is 0 Å². The van der Waals surface area contributed by atoms with E-state index in [0.717, 1.165) is 45.3 Å². The second kappa shape index (κ2) is 15.8. The van der Waals surface area contributed by atoms with E-state index in [1.807, 2.05) is 6.92 Å². The van der Waals surface area contributed by atoms with Crippen LogP contribution >= 0.6 is 0 Å². The van der Waals surface area contributed by atoms with Crippen LogP contribution in [0.5, 0.6) is 0 Å². The van der Waals surface area contributed by atoms with Crippen molar-refractivity contribution in [2.24, 2.45) is 5.92 Å². The molecular formula is C18H36O3. The zero-order valence-electron chi connectivity index (χ0n) is 14.2. The standard InChI is InChI=1S/C18H36O3/c1-3-5-14-17(18(19)20)15-12-10-8-6-7-9-11-13-16-21-4-2/h17H,3-16H2,1-2H3,(H,19,20). The lowest BCUT2D eigenvalue weighted by molar-refractivity contribution is -0.142. The van der Waals surface area contributed by atoms with Gasteiger partial charge in [-0.3, -0.25) is 4.79 Å². The van der Waals surface area contributed by atoms with Gasteiger partial charge in [-0.15, -0.1) is 0 Å². The molecule has 0 heterocycles. The van der Waals surface area contributed by atoms with Crippen molar-refractivity contribution in [3.63, 3.8) is 0 Å². The molecule has 1 atom stereocenters. The van der Waals surface area contributed by atoms with E-state index < -0.39 is 5.97 Å². The van der Waals surface area contributed by atoms with Gasteiger partial charge in [0.05, 0.1) is 5.92 Å². The summed E-state index contributed by atoms with van der Waals surface area (Å²) in [6.45, 7) is 5.89. The molecule has 0 bridgehead atoms. The van der Waals surface area contributed by atoms with Crippen molar-refractivity contribution in [1.29, 1.82) is 0 Å². The monoisotopic (exact) mass is 300 g/mol. The number of ether oxygens (including phenoxy) is 1. The summed E-state index contributed by atoms with van der Waals surface area (Å²) in [5, 5.41) is 9.15. The lowest BCUT2D eigenvalue weighted by Gasteiger charge is -2.11. The molecule has 0 spiro atoms. The first-order valence-corrected chi connectivity index (χ1v) is 9.02. The summed E-state index contributed by atoms with van der Waals surface area (Å²) >= 11 is 0. The van der Waals surface area contributed by atoms with Crippen molar-refractivity contribution in [1.82, 2.24) is 0 Å². The number of carboxylic acid groups (broad SMARTS) is 1. The fraction of sp³-hybridized carbons (Fsp3) is 0.944. The highest BCUT2D eigenvalue weighted by Crippen LogP contribution is 2.18. The molecule has 3 nitrogen and oxygen atoms in total. The zero-order chi connectivity index (χ0) is 15.8. The van der Waals surface area contributed by atoms with Crippen molar-refractivity contribution in [2.75, 3.05) is 13.2 Å². The molecule has 0 saturated carbocycles. The van der Waals surface area contributed by atoms with Crippen molar-refractivity contribution < 1.29 is 14.6 Å². The maximum absolute atomic E-state index is 11.1. The molecular weight excluding hydrogens is 264 g/mol. The summed E-state index contributed by atoms with van der Waals surface area (Å²) < 4.78 is 5.31. The minimum Gasteiger partial charge on any atom is -0.481 e. The largest absolute Gasteiger partial charge is 0.481 e. The second-order valence-corrected chi connectivity index (χ2v) is 5.99. The van der Waals surface area contributed by atoms with Crippen LogP contribution < -0.4 is 0 Å². The third-order valence-electron chi connectivity index (χ3n) is 4.05. The summed E-state index contributed by atoms with van der Waals surface area (Å²) in [6, 6.07) is 0. The van der Waals surface area contributed by atoms with Crippen molar-refractivity contribution in [3.05, 3.63) is 0 Å². The lowest BCUT2D eigenvalue weighted by Crippen LogP contribution is -2.13. The first-order chi connectivity index (χ1) is 10.2. The van der Waals surface area contributed by atoms with E-state index in [0.29, 0.717) is 0 Å². The molecule has 0 radical (unpaired) electrons. The SMILES string of the molecule is CCCCC(CCCCCCCCCCOCC)C(=O)O. The van der Waals surface area contributed by atoms with Crippen LogP contribution in [0, 0.1) is 5.92 Å². The smallest absolute Gasteiger partial charge is 0.306 e. The summed E-state index contributed by atoms with van der Waals surface area (Å²) in [7, 11) is 0. The van der Waals surface area contributed by atoms with Gasteiger partial charge < -0.3 is 9.84 Å². The summed E-state index contributed by atoms with van der Waals surface area (Å²) in [5.41, 5.74) is 0. The van der Waals surface area contributed by atoms with E-state index in [1.54, 1.807) is 0 Å². The molecule has 0 fully saturated rings. The van der Waals surface area contributed by atoms with Gasteiger partial charge in [-0.1, -0.05) is 64.7 Å². The first-order valence-electron chi connectivity index (χ1n) is 9.02. The Morgan fingerprint density at radius 3 is 1.90 bits per heavy atom. The molecule has 0 aliphatic heterocycles. The Morgan fingerprint density at radius 2 is 1.38 bits per heavy atom. The number of carbonyl (C=O) groups is 1. The predicted molar refractivity (Wildman–Crippen MR) is 88.7 cm³/mol. The number of unbranched alkanes of at least 4 members (excludes halogenated alkanes) is 8. The molecule has 0 aliphatic rings. The number of hydrogen-bond donors (Lipinski definition) is 1. The Kier molecular flexibility index (Phi) is 15.4. The van der Waals surface area contributed by atoms with E-state index in [-0.39, 0.29) is 5.92 Å². The molecule has 0 saturated heterocycles. The van der Waals surface area contributed by atoms with Crippen molar-refractivity contribution in [2.45, 2.75) is 90.9 Å². The first kappa shape index (κ1) is 20.4. The molecule has 0 rings (SSSR count). The van der Waals surface area contributed by atoms with E-state index in [1.165, 1.54) is 44.9 Å². The van der Waals surface area contributed by atoms with Crippen molar-refractivity contribution in [3.8, 4) is 0 Å². The van der Waals surface area contributed by atoms with Crippen LogP contribution in [0.4, 0.5) is 0 Å². The third-order valence-corrected chi connectivity index (χ3v) is 4.05. The van der Waals surface area contributed by atoms with Gasteiger partial charge in [0.2, 0.25) is 0 Å². The molecule has 0 aromatic heterocycles. The van der Waals surface area contributed by atoms with Gasteiger partial charge >= 0.3 is 5.97 Å². The van der Waals surface area contributed by atoms with Gasteiger partial charge in [0.1, 0.15) is 0 Å². The number of hydrogen-bond acceptors (Lipinski definition) is 2. The highest BCUT2D eigenvalue weighted by molar-refractivity contribution is 5.69. The molecule has 0 aromatic carbocycles. The molecule has 0 amide bonds. The Bertz CT molecular complexity index is 229. The number of rotatable bonds is 16. The Labute approximate surface area is 131 Å². The predicted octanol–water partition coefficient (Wildman–Crippen LogP) is 5.42. The normalized spacial score (nSPS) is 12.5. The minimum absolute atomic E-state index is 0.108. The van der Waals surface area contributed by atoms with Gasteiger partial charge in [0, 0.05) is 13.2 Å². The quantitative estimate of drug-likeness (QED) is 0.387. The Hall–Kier alpha value is -0.570. The zero-order valence-corrected chi connectivity index (χ0v) is 14.2. The van der Waals surface area contributed by atoms with Crippen LogP contribution in [0.2, 0.25) is 0 Å². The van der Waals surface area contributed by atoms with Gasteiger partial charge in [-0.25, -0.2) is 0 Å². The topological polar surface area (TPSA) is 46.5 Å². The van der Waals surface area contributed by atoms with Gasteiger partial charge in [-0.2, -0.15) is 0 Å². The maximum atomic E-state index is 11.1. The molecule has 3 heteroatoms. The fourth-order valence-electron chi connectivity index (χ4n) is 2.64. The number of aliphatic carboxylic acids is 1. The summed E-state index contributed by atoms with van der Waals surface area (Å²) in [5.74, 6) is -0.707. The molecule has 1 N–H and O–H groups in total. The lowest BCUT2D eigenvalue weighted by atomic mass is 9.95. The van der Waals surface area contributed by atoms with Crippen LogP contribution in [-0.4, -0.2) is 24.3 Å². The van der Waals surface area contributed by atoms with Crippen LogP contribution in [0.15, 0.2) is 0 Å². The van der Waals surface area contributed by atoms with Crippen LogP contribution in [0.1, 0.15) is 90.9 Å². The van der Waals surface area contributed by atoms with Crippen LogP contribution in [0.3, 0.4) is 0 Å². The molecule has 0 aliphatic carbocycles. The molecule has 126 valence electrons. The highest BCUT2D eigenvalue weighted by Gasteiger charge is 2.15. The van der Waals surface area contributed by atoms with Gasteiger partial charge in [-0.05, 0) is 26.2 Å². The Balaban J connectivity index is 3.31. The van der Waals surface area contributed by atoms with Crippen LogP contribution in [0.25, 0.3) is 0 Å². The summed E-state index contributed by atoms with van der Waals surface area (Å²) in [4.78, 5) is 11.1. The van der Waals surface area contributed by atoms with E-state index in [9.17, 15) is 4.79 Å². The molecule has 1 unspecified atom stereocenters. The average molecular weight is 300 g/mol. The minimum atomic E-state index is -0.599. The fourth-order valence-corrected chi connectivity index (χ4v) is 2.64. The average Bonchev–Trinajstić information content (AvgIpc) is 2.47. The van der Waals surface area contributed by atoms with Crippen molar-refractivity contribution >= 4 is 5.97 Å². The second-order valence-electron chi connectivity index (χ2n) is 5.99. The van der Waals surface area contributed by atoms with Crippen LogP contribution in [-0.2, 0) is 9.53 Å². The molecule has 0 aromatic rings. The van der Waals surface area contributed by atoms with E-state index >= 15 is 0 Å². The Morgan fingerprint density at radius 1 is 0.857 bits per heavy atom. The third kappa shape index (κ3) is 14.1. The number of carboxylic acids is 1. The maximum Gasteiger partial charge on any atom is 0.306 e. The highest BCUT2D eigenvalue weighted by atomic mass is 16.5.